The van der Waals surface area contributed by atoms with Gasteiger partial charge in [-0.05, 0) is 72.2 Å². The van der Waals surface area contributed by atoms with Gasteiger partial charge in [0.05, 0.1) is 24.1 Å². The third kappa shape index (κ3) is 6.85. The first-order valence-corrected chi connectivity index (χ1v) is 14.5. The van der Waals surface area contributed by atoms with Crippen molar-refractivity contribution in [2.75, 3.05) is 42.6 Å². The van der Waals surface area contributed by atoms with Crippen LogP contribution >= 0.6 is 0 Å². The minimum absolute atomic E-state index is 0.0985. The third-order valence-corrected chi connectivity index (χ3v) is 8.17. The molecule has 2 amide bonds. The van der Waals surface area contributed by atoms with Crippen molar-refractivity contribution in [2.45, 2.75) is 43.4 Å². The largest absolute Gasteiger partial charge is 0.397 e. The van der Waals surface area contributed by atoms with E-state index < -0.39 is 6.04 Å². The monoisotopic (exact) mass is 551 g/mol. The molecule has 3 atom stereocenters. The number of rotatable bonds is 11. The summed E-state index contributed by atoms with van der Waals surface area (Å²) >= 11 is 0. The molecule has 8 nitrogen and oxygen atoms in total. The van der Waals surface area contributed by atoms with Crippen molar-refractivity contribution in [3.05, 3.63) is 95.6 Å². The Bertz CT molecular complexity index is 1400. The lowest BCUT2D eigenvalue weighted by Gasteiger charge is -2.27. The zero-order valence-electron chi connectivity index (χ0n) is 23.1. The predicted octanol–water partition coefficient (Wildman–Crippen LogP) is 4.54. The Morgan fingerprint density at radius 2 is 1.78 bits per heavy atom. The quantitative estimate of drug-likeness (QED) is 0.206. The van der Waals surface area contributed by atoms with Crippen LogP contribution in [0.5, 0.6) is 0 Å². The Morgan fingerprint density at radius 1 is 1.00 bits per heavy atom. The summed E-state index contributed by atoms with van der Waals surface area (Å²) in [6, 6.07) is 23.0. The summed E-state index contributed by atoms with van der Waals surface area (Å²) in [6.45, 7) is 3.32. The van der Waals surface area contributed by atoms with E-state index in [1.165, 1.54) is 24.5 Å². The van der Waals surface area contributed by atoms with E-state index >= 15 is 0 Å². The molecule has 0 radical (unpaired) electrons. The number of nitrogen functional groups attached to an aromatic ring is 1. The second kappa shape index (κ2) is 12.3. The van der Waals surface area contributed by atoms with Gasteiger partial charge < -0.3 is 26.4 Å². The molecule has 3 fully saturated rings. The number of amides is 2. The van der Waals surface area contributed by atoms with Crippen LogP contribution < -0.4 is 21.7 Å². The molecule has 1 aliphatic carbocycles. The molecule has 2 aliphatic heterocycles. The first-order valence-electron chi connectivity index (χ1n) is 14.5. The topological polar surface area (TPSA) is 109 Å². The molecular formula is C33H37N5O3. The van der Waals surface area contributed by atoms with Gasteiger partial charge in [0, 0.05) is 37.4 Å². The average molecular weight is 552 g/mol. The van der Waals surface area contributed by atoms with Gasteiger partial charge in [-0.15, -0.1) is 0 Å². The van der Waals surface area contributed by atoms with E-state index in [1.807, 2.05) is 48.5 Å². The Balaban J connectivity index is 1.11. The molecule has 3 aliphatic rings. The maximum atomic E-state index is 13.5. The van der Waals surface area contributed by atoms with E-state index in [2.05, 4.69) is 33.0 Å². The van der Waals surface area contributed by atoms with Gasteiger partial charge in [0.25, 0.3) is 0 Å². The zero-order chi connectivity index (χ0) is 28.2. The number of ether oxygens (including phenoxy) is 1. The number of para-hydroxylation sites is 2. The van der Waals surface area contributed by atoms with Crippen molar-refractivity contribution < 1.29 is 14.3 Å². The first-order chi connectivity index (χ1) is 20.0. The Kier molecular flexibility index (Phi) is 8.14. The first kappa shape index (κ1) is 27.2. The highest BCUT2D eigenvalue weighted by molar-refractivity contribution is 6.03. The Morgan fingerprint density at radius 3 is 2.46 bits per heavy atom. The molecule has 5 N–H and O–H groups in total. The van der Waals surface area contributed by atoms with Gasteiger partial charge in [0.2, 0.25) is 11.8 Å². The number of anilines is 3. The van der Waals surface area contributed by atoms with Crippen LogP contribution in [0.2, 0.25) is 0 Å². The number of morpholine rings is 1. The molecule has 2 saturated heterocycles. The lowest BCUT2D eigenvalue weighted by atomic mass is 10.0. The molecular weight excluding hydrogens is 514 g/mol. The van der Waals surface area contributed by atoms with Gasteiger partial charge in [0.15, 0.2) is 0 Å². The van der Waals surface area contributed by atoms with Crippen molar-refractivity contribution >= 4 is 35.0 Å². The van der Waals surface area contributed by atoms with Crippen molar-refractivity contribution in [1.29, 1.82) is 0 Å². The molecule has 0 aromatic heterocycles. The van der Waals surface area contributed by atoms with Gasteiger partial charge in [-0.2, -0.15) is 0 Å². The molecule has 1 saturated carbocycles. The standard InChI is InChI=1S/C33H37N5O3/c34-29-3-1-2-4-30(29)37-31(39)16-7-22-5-8-25(9-6-22)32(35-17-18-38-20-28-19-27(38)21-41-28)33(40)36-26-14-12-24(13-15-26)23-10-11-23/h1-9,12-16,23,27-28,32,35H,10-11,17-21,34H2,(H,36,40)(H,37,39). The summed E-state index contributed by atoms with van der Waals surface area (Å²) in [5.41, 5.74) is 10.9. The number of nitrogens with two attached hydrogens (primary N) is 1. The van der Waals surface area contributed by atoms with E-state index in [0.29, 0.717) is 36.0 Å². The zero-order valence-corrected chi connectivity index (χ0v) is 23.1. The lowest BCUT2D eigenvalue weighted by Crippen LogP contribution is -2.43. The molecule has 8 heteroatoms. The maximum Gasteiger partial charge on any atom is 0.248 e. The second-order valence-corrected chi connectivity index (χ2v) is 11.2. The van der Waals surface area contributed by atoms with E-state index in [-0.39, 0.29) is 11.8 Å². The van der Waals surface area contributed by atoms with Crippen molar-refractivity contribution in [3.63, 3.8) is 0 Å². The third-order valence-electron chi connectivity index (χ3n) is 8.17. The van der Waals surface area contributed by atoms with Crippen LogP contribution in [0.15, 0.2) is 78.9 Å². The lowest BCUT2D eigenvalue weighted by molar-refractivity contribution is -0.118. The second-order valence-electron chi connectivity index (χ2n) is 11.2. The van der Waals surface area contributed by atoms with E-state index in [4.69, 9.17) is 10.5 Å². The minimum atomic E-state index is -0.517. The number of nitrogens with one attached hydrogen (secondary N) is 3. The normalized spacial score (nSPS) is 20.8. The highest BCUT2D eigenvalue weighted by atomic mass is 16.5. The average Bonchev–Trinajstić information content (AvgIpc) is 3.62. The number of carbonyl (C=O) groups excluding carboxylic acids is 2. The van der Waals surface area contributed by atoms with Crippen molar-refractivity contribution in [2.24, 2.45) is 0 Å². The number of nitrogens with zero attached hydrogens (tertiary/aromatic N) is 1. The summed E-state index contributed by atoms with van der Waals surface area (Å²) in [6.07, 6.45) is 7.17. The van der Waals surface area contributed by atoms with Crippen LogP contribution in [-0.4, -0.2) is 55.1 Å². The number of hydrogen-bond donors (Lipinski definition) is 4. The van der Waals surface area contributed by atoms with Gasteiger partial charge in [0.1, 0.15) is 6.04 Å². The summed E-state index contributed by atoms with van der Waals surface area (Å²) < 4.78 is 5.73. The summed E-state index contributed by atoms with van der Waals surface area (Å²) in [4.78, 5) is 28.4. The maximum absolute atomic E-state index is 13.5. The smallest absolute Gasteiger partial charge is 0.248 e. The van der Waals surface area contributed by atoms with Crippen LogP contribution in [0.4, 0.5) is 17.1 Å². The predicted molar refractivity (Wildman–Crippen MR) is 162 cm³/mol. The molecule has 2 bridgehead atoms. The van der Waals surface area contributed by atoms with Crippen LogP contribution in [0.1, 0.15) is 47.9 Å². The van der Waals surface area contributed by atoms with Crippen LogP contribution in [-0.2, 0) is 14.3 Å². The van der Waals surface area contributed by atoms with Crippen LogP contribution in [0.3, 0.4) is 0 Å². The Labute approximate surface area is 240 Å². The number of carbonyl (C=O) groups is 2. The molecule has 0 spiro atoms. The number of likely N-dealkylation sites (tertiary alicyclic amines) is 1. The van der Waals surface area contributed by atoms with Crippen LogP contribution in [0.25, 0.3) is 6.08 Å². The minimum Gasteiger partial charge on any atom is -0.397 e. The van der Waals surface area contributed by atoms with Gasteiger partial charge >= 0.3 is 0 Å². The van der Waals surface area contributed by atoms with Gasteiger partial charge in [-0.1, -0.05) is 48.5 Å². The Hall–Kier alpha value is -3.98. The fraction of sp³-hybridized carbons (Fsp3) is 0.333. The summed E-state index contributed by atoms with van der Waals surface area (Å²) in [5, 5.41) is 9.39. The van der Waals surface area contributed by atoms with Gasteiger partial charge in [-0.25, -0.2) is 0 Å². The molecule has 41 heavy (non-hydrogen) atoms. The SMILES string of the molecule is Nc1ccccc1NC(=O)C=Cc1ccc(C(NCCN2CC3CC2CO3)C(=O)Nc2ccc(C3CC3)cc2)cc1. The number of fused-ring (bicyclic) bond motifs is 2. The van der Waals surface area contributed by atoms with E-state index in [1.54, 1.807) is 18.2 Å². The van der Waals surface area contributed by atoms with Gasteiger partial charge in [-0.3, -0.25) is 14.5 Å². The summed E-state index contributed by atoms with van der Waals surface area (Å²) in [7, 11) is 0. The van der Waals surface area contributed by atoms with E-state index in [9.17, 15) is 9.59 Å². The highest BCUT2D eigenvalue weighted by Gasteiger charge is 2.38. The highest BCUT2D eigenvalue weighted by Crippen LogP contribution is 2.40. The fourth-order valence-electron chi connectivity index (χ4n) is 5.69. The molecule has 3 aromatic carbocycles. The molecule has 3 aromatic rings. The molecule has 6 rings (SSSR count). The fourth-order valence-corrected chi connectivity index (χ4v) is 5.69. The molecule has 3 unspecified atom stereocenters. The molecule has 2 heterocycles. The van der Waals surface area contributed by atoms with Crippen molar-refractivity contribution in [1.82, 2.24) is 10.2 Å². The summed E-state index contributed by atoms with van der Waals surface area (Å²) in [5.74, 6) is 0.314. The molecule has 212 valence electrons. The van der Waals surface area contributed by atoms with Crippen LogP contribution in [0, 0.1) is 0 Å². The number of benzene rings is 3. The van der Waals surface area contributed by atoms with E-state index in [0.717, 1.165) is 42.9 Å². The number of hydrogen-bond acceptors (Lipinski definition) is 6. The van der Waals surface area contributed by atoms with Crippen molar-refractivity contribution in [3.8, 4) is 0 Å².